The van der Waals surface area contributed by atoms with E-state index in [0.29, 0.717) is 16.5 Å². The van der Waals surface area contributed by atoms with Crippen LogP contribution in [-0.2, 0) is 19.5 Å². The van der Waals surface area contributed by atoms with Gasteiger partial charge in [-0.15, -0.1) is 0 Å². The van der Waals surface area contributed by atoms with Gasteiger partial charge in [0.25, 0.3) is 5.60 Å². The highest BCUT2D eigenvalue weighted by molar-refractivity contribution is 7.90. The number of aliphatic hydroxyl groups is 1. The Morgan fingerprint density at radius 3 is 1.85 bits per heavy atom. The van der Waals surface area contributed by atoms with Crippen molar-refractivity contribution in [3.63, 3.8) is 0 Å². The van der Waals surface area contributed by atoms with Gasteiger partial charge in [0.05, 0.1) is 5.76 Å². The van der Waals surface area contributed by atoms with E-state index in [1.54, 1.807) is 0 Å². The second-order valence-electron chi connectivity index (χ2n) is 8.29. The molecule has 0 spiro atoms. The first kappa shape index (κ1) is 32.8. The molecule has 0 bridgehead atoms. The van der Waals surface area contributed by atoms with Gasteiger partial charge >= 0.3 is 24.7 Å². The van der Waals surface area contributed by atoms with Gasteiger partial charge < -0.3 is 14.6 Å². The highest BCUT2D eigenvalue weighted by atomic mass is 32.2. The van der Waals surface area contributed by atoms with Crippen LogP contribution in [0.3, 0.4) is 0 Å². The highest BCUT2D eigenvalue weighted by Gasteiger charge is 2.72. The van der Waals surface area contributed by atoms with Crippen molar-refractivity contribution in [3.8, 4) is 0 Å². The number of alkyl halides is 12. The molecule has 0 fully saturated rings. The molecule has 19 heteroatoms. The Labute approximate surface area is 212 Å². The standard InChI is InChI=1S/C20H19F12NO5S/c1-33(12-4-2-11(3-5-12)18(34,19(27,28)29)20(30,31)32)39(35,36)15-8-13(37-9-16(21,22)23)6-7-14(15)38-10-17(24,25)26/h2-4,6-7,12,15,34H,5,8-10H2,1H3. The summed E-state index contributed by atoms with van der Waals surface area (Å²) in [6, 6.07) is -1.50. The molecule has 0 amide bonds. The molecule has 2 aliphatic rings. The molecule has 2 rings (SSSR count). The Bertz CT molecular complexity index is 1120. The first-order chi connectivity index (χ1) is 17.4. The molecule has 0 heterocycles. The smallest absolute Gasteiger partial charge is 0.430 e. The van der Waals surface area contributed by atoms with Gasteiger partial charge in [0.2, 0.25) is 10.0 Å². The van der Waals surface area contributed by atoms with Gasteiger partial charge in [-0.3, -0.25) is 0 Å². The largest absolute Gasteiger partial charge is 0.488 e. The van der Waals surface area contributed by atoms with Crippen LogP contribution in [0.25, 0.3) is 0 Å². The van der Waals surface area contributed by atoms with Crippen LogP contribution in [0.5, 0.6) is 0 Å². The zero-order valence-electron chi connectivity index (χ0n) is 19.3. The maximum Gasteiger partial charge on any atom is 0.430 e. The van der Waals surface area contributed by atoms with E-state index in [9.17, 15) is 66.2 Å². The molecule has 2 unspecified atom stereocenters. The molecule has 0 aliphatic heterocycles. The normalized spacial score (nSPS) is 21.9. The molecular weight excluding hydrogens is 594 g/mol. The SMILES string of the molecule is CN(C1C=CC(C(O)(C(F)(F)F)C(F)(F)F)=CC1)S(=O)(=O)C1CC(OCC(F)(F)F)=CC=C1OCC(F)(F)F. The van der Waals surface area contributed by atoms with Crippen LogP contribution in [0, 0.1) is 0 Å². The van der Waals surface area contributed by atoms with Crippen LogP contribution in [0.1, 0.15) is 12.8 Å². The average Bonchev–Trinajstić information content (AvgIpc) is 2.78. The molecule has 39 heavy (non-hydrogen) atoms. The summed E-state index contributed by atoms with van der Waals surface area (Å²) in [6.07, 6.45) is -21.5. The molecule has 0 saturated heterocycles. The third-order valence-corrected chi connectivity index (χ3v) is 7.70. The van der Waals surface area contributed by atoms with Crippen molar-refractivity contribution in [1.82, 2.24) is 4.31 Å². The van der Waals surface area contributed by atoms with Gasteiger partial charge in [-0.05, 0) is 24.1 Å². The zero-order chi connectivity index (χ0) is 30.2. The third-order valence-electron chi connectivity index (χ3n) is 5.50. The number of likely N-dealkylation sites (N-methyl/N-ethyl adjacent to an activating group) is 1. The lowest BCUT2D eigenvalue weighted by Crippen LogP contribution is -2.58. The Hall–Kier alpha value is -2.41. The van der Waals surface area contributed by atoms with Crippen LogP contribution in [0.2, 0.25) is 0 Å². The Kier molecular flexibility index (Phi) is 9.14. The summed E-state index contributed by atoms with van der Waals surface area (Å²) < 4.78 is 190. The molecule has 224 valence electrons. The van der Waals surface area contributed by atoms with E-state index in [4.69, 9.17) is 0 Å². The quantitative estimate of drug-likeness (QED) is 0.388. The summed E-state index contributed by atoms with van der Waals surface area (Å²) in [6.45, 7) is -3.85. The monoisotopic (exact) mass is 613 g/mol. The number of hydrogen-bond donors (Lipinski definition) is 1. The summed E-state index contributed by atoms with van der Waals surface area (Å²) in [5.74, 6) is -1.45. The van der Waals surface area contributed by atoms with E-state index in [1.807, 2.05) is 0 Å². The lowest BCUT2D eigenvalue weighted by Gasteiger charge is -2.36. The Balaban J connectivity index is 2.34. The Morgan fingerprint density at radius 2 is 1.41 bits per heavy atom. The van der Waals surface area contributed by atoms with E-state index in [-0.39, 0.29) is 12.2 Å². The molecule has 2 aliphatic carbocycles. The van der Waals surface area contributed by atoms with Crippen LogP contribution in [0.4, 0.5) is 52.7 Å². The molecule has 0 aromatic rings. The van der Waals surface area contributed by atoms with Crippen molar-refractivity contribution in [3.05, 3.63) is 47.5 Å². The minimum atomic E-state index is -6.21. The molecular formula is C20H19F12NO5S. The maximum atomic E-state index is 13.2. The van der Waals surface area contributed by atoms with E-state index < -0.39 is 94.8 Å². The third kappa shape index (κ3) is 7.62. The number of sulfonamides is 1. The van der Waals surface area contributed by atoms with Crippen LogP contribution in [0.15, 0.2) is 47.5 Å². The number of nitrogens with zero attached hydrogens (tertiary/aromatic N) is 1. The topological polar surface area (TPSA) is 76.1 Å². The number of hydrogen-bond acceptors (Lipinski definition) is 5. The predicted molar refractivity (Wildman–Crippen MR) is 108 cm³/mol. The first-order valence-corrected chi connectivity index (χ1v) is 11.9. The van der Waals surface area contributed by atoms with Gasteiger partial charge in [-0.1, -0.05) is 18.2 Å². The highest BCUT2D eigenvalue weighted by Crippen LogP contribution is 2.49. The van der Waals surface area contributed by atoms with Gasteiger partial charge in [0, 0.05) is 19.5 Å². The molecule has 6 nitrogen and oxygen atoms in total. The van der Waals surface area contributed by atoms with Crippen LogP contribution < -0.4 is 0 Å². The number of halogens is 12. The van der Waals surface area contributed by atoms with E-state index in [0.717, 1.165) is 13.1 Å². The lowest BCUT2D eigenvalue weighted by atomic mass is 9.87. The minimum Gasteiger partial charge on any atom is -0.488 e. The van der Waals surface area contributed by atoms with E-state index in [1.165, 1.54) is 0 Å². The van der Waals surface area contributed by atoms with Gasteiger partial charge in [0.1, 0.15) is 11.0 Å². The molecule has 2 atom stereocenters. The number of rotatable bonds is 8. The second kappa shape index (κ2) is 10.9. The summed E-state index contributed by atoms with van der Waals surface area (Å²) >= 11 is 0. The molecule has 1 N–H and O–H groups in total. The maximum absolute atomic E-state index is 13.2. The molecule has 0 aromatic carbocycles. The van der Waals surface area contributed by atoms with Crippen molar-refractivity contribution >= 4 is 10.0 Å². The van der Waals surface area contributed by atoms with Crippen molar-refractivity contribution in [1.29, 1.82) is 0 Å². The number of allylic oxidation sites excluding steroid dienone is 3. The minimum absolute atomic E-state index is 0.191. The van der Waals surface area contributed by atoms with E-state index >= 15 is 0 Å². The molecule has 0 aromatic heterocycles. The molecule has 0 radical (unpaired) electrons. The van der Waals surface area contributed by atoms with Crippen molar-refractivity contribution in [2.75, 3.05) is 20.3 Å². The number of ether oxygens (including phenoxy) is 2. The summed E-state index contributed by atoms with van der Waals surface area (Å²) in [4.78, 5) is 0. The lowest BCUT2D eigenvalue weighted by molar-refractivity contribution is -0.351. The van der Waals surface area contributed by atoms with Gasteiger partial charge in [-0.2, -0.15) is 57.0 Å². The fourth-order valence-corrected chi connectivity index (χ4v) is 5.25. The summed E-state index contributed by atoms with van der Waals surface area (Å²) in [5, 5.41) is 7.38. The van der Waals surface area contributed by atoms with Crippen molar-refractivity contribution in [2.24, 2.45) is 0 Å². The predicted octanol–water partition coefficient (Wildman–Crippen LogP) is 5.06. The zero-order valence-corrected chi connectivity index (χ0v) is 20.2. The summed E-state index contributed by atoms with van der Waals surface area (Å²) in [5.41, 5.74) is -6.93. The van der Waals surface area contributed by atoms with Crippen molar-refractivity contribution in [2.45, 2.75) is 54.4 Å². The van der Waals surface area contributed by atoms with Crippen LogP contribution in [-0.4, -0.2) is 79.7 Å². The van der Waals surface area contributed by atoms with E-state index in [2.05, 4.69) is 9.47 Å². The fraction of sp³-hybridized carbons (Fsp3) is 0.600. The summed E-state index contributed by atoms with van der Waals surface area (Å²) in [7, 11) is -4.10. The Morgan fingerprint density at radius 1 is 0.897 bits per heavy atom. The average molecular weight is 613 g/mol. The first-order valence-electron chi connectivity index (χ1n) is 10.4. The van der Waals surface area contributed by atoms with Crippen LogP contribution >= 0.6 is 0 Å². The second-order valence-corrected chi connectivity index (χ2v) is 10.5. The molecule has 0 saturated carbocycles. The fourth-order valence-electron chi connectivity index (χ4n) is 3.50. The van der Waals surface area contributed by atoms with Gasteiger partial charge in [-0.25, -0.2) is 8.42 Å². The van der Waals surface area contributed by atoms with Gasteiger partial charge in [0.15, 0.2) is 13.2 Å². The van der Waals surface area contributed by atoms with Crippen molar-refractivity contribution < 1.29 is 75.7 Å².